The minimum Gasteiger partial charge on any atom is -0.398 e. The summed E-state index contributed by atoms with van der Waals surface area (Å²) in [5, 5.41) is 0.717. The number of carbonyl (C=O) groups excluding carboxylic acids is 1. The molecule has 0 aromatic heterocycles. The van der Waals surface area contributed by atoms with Crippen molar-refractivity contribution in [3.63, 3.8) is 0 Å². The fraction of sp³-hybridized carbons (Fsp3) is 0.300. The van der Waals surface area contributed by atoms with E-state index in [1.165, 1.54) is 0 Å². The third-order valence-corrected chi connectivity index (χ3v) is 2.73. The van der Waals surface area contributed by atoms with Gasteiger partial charge in [-0.3, -0.25) is 4.79 Å². The highest BCUT2D eigenvalue weighted by Gasteiger charge is 2.09. The number of halogens is 2. The lowest BCUT2D eigenvalue weighted by Gasteiger charge is -2.05. The molecule has 2 N–H and O–H groups in total. The molecule has 4 heteroatoms. The van der Waals surface area contributed by atoms with Crippen molar-refractivity contribution in [2.75, 3.05) is 11.6 Å². The summed E-state index contributed by atoms with van der Waals surface area (Å²) in [5.41, 5.74) is 7.83. The monoisotopic (exact) mass is 275 g/mol. The first-order chi connectivity index (χ1) is 6.69. The van der Waals surface area contributed by atoms with Crippen LogP contribution in [-0.2, 0) is 5.33 Å². The van der Waals surface area contributed by atoms with E-state index in [1.54, 1.807) is 12.1 Å². The van der Waals surface area contributed by atoms with E-state index in [0.717, 1.165) is 5.56 Å². The SMILES string of the molecule is Nc1ccc(CBr)cc1C(=O)CCCl. The first kappa shape index (κ1) is 11.5. The van der Waals surface area contributed by atoms with E-state index in [2.05, 4.69) is 15.9 Å². The minimum atomic E-state index is 0.000278. The fourth-order valence-corrected chi connectivity index (χ4v) is 1.67. The van der Waals surface area contributed by atoms with Crippen molar-refractivity contribution in [2.45, 2.75) is 11.8 Å². The third kappa shape index (κ3) is 2.72. The maximum Gasteiger partial charge on any atom is 0.166 e. The van der Waals surface area contributed by atoms with Crippen LogP contribution in [0.15, 0.2) is 18.2 Å². The van der Waals surface area contributed by atoms with Gasteiger partial charge in [0.15, 0.2) is 5.78 Å². The Balaban J connectivity index is 2.99. The molecule has 0 amide bonds. The van der Waals surface area contributed by atoms with Crippen LogP contribution in [0.5, 0.6) is 0 Å². The summed E-state index contributed by atoms with van der Waals surface area (Å²) in [4.78, 5) is 11.6. The number of nitrogen functional groups attached to an aromatic ring is 1. The molecule has 0 unspecified atom stereocenters. The number of Topliss-reactive ketones (excluding diaryl/α,β-unsaturated/α-hetero) is 1. The number of ketones is 1. The lowest BCUT2D eigenvalue weighted by molar-refractivity contribution is 0.0990. The smallest absolute Gasteiger partial charge is 0.166 e. The highest BCUT2D eigenvalue weighted by atomic mass is 79.9. The van der Waals surface area contributed by atoms with E-state index in [1.807, 2.05) is 6.07 Å². The summed E-state index contributed by atoms with van der Waals surface area (Å²) >= 11 is 8.83. The lowest BCUT2D eigenvalue weighted by Crippen LogP contribution is -2.04. The summed E-state index contributed by atoms with van der Waals surface area (Å²) in [7, 11) is 0. The van der Waals surface area contributed by atoms with Gasteiger partial charge in [0.25, 0.3) is 0 Å². The number of benzene rings is 1. The lowest BCUT2D eigenvalue weighted by atomic mass is 10.0. The summed E-state index contributed by atoms with van der Waals surface area (Å²) in [5.74, 6) is 0.330. The Labute approximate surface area is 96.6 Å². The van der Waals surface area contributed by atoms with E-state index in [-0.39, 0.29) is 5.78 Å². The van der Waals surface area contributed by atoms with Crippen molar-refractivity contribution in [2.24, 2.45) is 0 Å². The van der Waals surface area contributed by atoms with Gasteiger partial charge in [-0.25, -0.2) is 0 Å². The van der Waals surface area contributed by atoms with Crippen molar-refractivity contribution < 1.29 is 4.79 Å². The summed E-state index contributed by atoms with van der Waals surface area (Å²) in [6.45, 7) is 0. The Morgan fingerprint density at radius 1 is 1.50 bits per heavy atom. The number of alkyl halides is 2. The number of carbonyl (C=O) groups is 1. The molecule has 0 aliphatic heterocycles. The summed E-state index contributed by atoms with van der Waals surface area (Å²) in [6.07, 6.45) is 0.331. The molecule has 0 bridgehead atoms. The molecule has 0 saturated heterocycles. The molecule has 1 aromatic carbocycles. The molecule has 76 valence electrons. The van der Waals surface area contributed by atoms with Crippen LogP contribution in [0, 0.1) is 0 Å². The number of anilines is 1. The standard InChI is InChI=1S/C10H11BrClNO/c11-6-7-1-2-9(13)8(5-7)10(14)3-4-12/h1-2,5H,3-4,6,13H2. The molecule has 1 aromatic rings. The molecule has 1 rings (SSSR count). The van der Waals surface area contributed by atoms with Crippen LogP contribution in [0.25, 0.3) is 0 Å². The van der Waals surface area contributed by atoms with Gasteiger partial charge in [-0.15, -0.1) is 11.6 Å². The predicted octanol–water partition coefficient (Wildman–Crippen LogP) is 2.98. The van der Waals surface area contributed by atoms with Crippen LogP contribution >= 0.6 is 27.5 Å². The molecule has 0 heterocycles. The Morgan fingerprint density at radius 2 is 2.21 bits per heavy atom. The van der Waals surface area contributed by atoms with Crippen molar-refractivity contribution in [1.29, 1.82) is 0 Å². The van der Waals surface area contributed by atoms with Crippen molar-refractivity contribution in [3.8, 4) is 0 Å². The average molecular weight is 277 g/mol. The predicted molar refractivity (Wildman–Crippen MR) is 63.2 cm³/mol. The molecule has 0 aliphatic rings. The van der Waals surface area contributed by atoms with Gasteiger partial charge in [0.2, 0.25) is 0 Å². The fourth-order valence-electron chi connectivity index (χ4n) is 1.15. The second kappa shape index (κ2) is 5.37. The molecule has 0 fully saturated rings. The van der Waals surface area contributed by atoms with Crippen LogP contribution in [0.3, 0.4) is 0 Å². The van der Waals surface area contributed by atoms with Gasteiger partial charge in [0, 0.05) is 28.9 Å². The van der Waals surface area contributed by atoms with Crippen molar-refractivity contribution >= 4 is 39.0 Å². The van der Waals surface area contributed by atoms with Gasteiger partial charge < -0.3 is 5.73 Å². The average Bonchev–Trinajstić information content (AvgIpc) is 2.19. The quantitative estimate of drug-likeness (QED) is 0.522. The second-order valence-corrected chi connectivity index (χ2v) is 3.86. The Bertz CT molecular complexity index is 341. The number of hydrogen-bond acceptors (Lipinski definition) is 2. The van der Waals surface area contributed by atoms with Crippen LogP contribution < -0.4 is 5.73 Å². The van der Waals surface area contributed by atoms with E-state index in [0.29, 0.717) is 28.9 Å². The van der Waals surface area contributed by atoms with E-state index in [4.69, 9.17) is 17.3 Å². The molecule has 0 radical (unpaired) electrons. The molecule has 14 heavy (non-hydrogen) atoms. The highest BCUT2D eigenvalue weighted by molar-refractivity contribution is 9.08. The van der Waals surface area contributed by atoms with Gasteiger partial charge >= 0.3 is 0 Å². The van der Waals surface area contributed by atoms with Crippen molar-refractivity contribution in [3.05, 3.63) is 29.3 Å². The Kier molecular flexibility index (Phi) is 4.42. The molecular formula is C10H11BrClNO. The van der Waals surface area contributed by atoms with Gasteiger partial charge in [0.05, 0.1) is 0 Å². The highest BCUT2D eigenvalue weighted by Crippen LogP contribution is 2.18. The first-order valence-electron chi connectivity index (χ1n) is 4.22. The molecule has 0 saturated carbocycles. The van der Waals surface area contributed by atoms with Gasteiger partial charge in [-0.2, -0.15) is 0 Å². The number of rotatable bonds is 4. The topological polar surface area (TPSA) is 43.1 Å². The maximum atomic E-state index is 11.6. The maximum absolute atomic E-state index is 11.6. The Morgan fingerprint density at radius 3 is 2.79 bits per heavy atom. The second-order valence-electron chi connectivity index (χ2n) is 2.92. The van der Waals surface area contributed by atoms with Crippen LogP contribution in [0.2, 0.25) is 0 Å². The van der Waals surface area contributed by atoms with Gasteiger partial charge in [-0.1, -0.05) is 22.0 Å². The van der Waals surface area contributed by atoms with E-state index >= 15 is 0 Å². The van der Waals surface area contributed by atoms with Crippen LogP contribution in [0.1, 0.15) is 22.3 Å². The largest absolute Gasteiger partial charge is 0.398 e. The molecule has 0 atom stereocenters. The third-order valence-electron chi connectivity index (χ3n) is 1.89. The number of hydrogen-bond donors (Lipinski definition) is 1. The van der Waals surface area contributed by atoms with Crippen molar-refractivity contribution in [1.82, 2.24) is 0 Å². The summed E-state index contributed by atoms with van der Waals surface area (Å²) < 4.78 is 0. The Hall–Kier alpha value is -0.540. The van der Waals surface area contributed by atoms with E-state index < -0.39 is 0 Å². The van der Waals surface area contributed by atoms with Crippen LogP contribution in [-0.4, -0.2) is 11.7 Å². The minimum absolute atomic E-state index is 0.000278. The van der Waals surface area contributed by atoms with Crippen LogP contribution in [0.4, 0.5) is 5.69 Å². The molecule has 2 nitrogen and oxygen atoms in total. The zero-order valence-corrected chi connectivity index (χ0v) is 9.94. The molecule has 0 spiro atoms. The molecule has 0 aliphatic carbocycles. The molecular weight excluding hydrogens is 265 g/mol. The van der Waals surface area contributed by atoms with E-state index in [9.17, 15) is 4.79 Å². The summed E-state index contributed by atoms with van der Waals surface area (Å²) in [6, 6.07) is 5.44. The normalized spacial score (nSPS) is 10.1. The first-order valence-corrected chi connectivity index (χ1v) is 5.88. The number of nitrogens with two attached hydrogens (primary N) is 1. The zero-order chi connectivity index (χ0) is 10.6. The van der Waals surface area contributed by atoms with Gasteiger partial charge in [-0.05, 0) is 17.7 Å². The van der Waals surface area contributed by atoms with Gasteiger partial charge in [0.1, 0.15) is 0 Å². The zero-order valence-electron chi connectivity index (χ0n) is 7.59.